The molecule has 0 fully saturated rings. The van der Waals surface area contributed by atoms with Crippen LogP contribution in [0.2, 0.25) is 0 Å². The van der Waals surface area contributed by atoms with Gasteiger partial charge >= 0.3 is 6.09 Å². The van der Waals surface area contributed by atoms with E-state index >= 15 is 0 Å². The van der Waals surface area contributed by atoms with Crippen molar-refractivity contribution in [3.8, 4) is 5.75 Å². The second-order valence-corrected chi connectivity index (χ2v) is 7.77. The maximum absolute atomic E-state index is 11.7. The summed E-state index contributed by atoms with van der Waals surface area (Å²) in [7, 11) is 3.38. The quantitative estimate of drug-likeness (QED) is 0.319. The minimum absolute atomic E-state index is 0.00539. The van der Waals surface area contributed by atoms with Crippen LogP contribution in [0.1, 0.15) is 33.3 Å². The van der Waals surface area contributed by atoms with Crippen LogP contribution in [0.25, 0.3) is 0 Å². The highest BCUT2D eigenvalue weighted by Gasteiger charge is 2.15. The second-order valence-electron chi connectivity index (χ2n) is 7.77. The van der Waals surface area contributed by atoms with E-state index in [1.165, 1.54) is 4.90 Å². The van der Waals surface area contributed by atoms with Gasteiger partial charge < -0.3 is 30.3 Å². The summed E-state index contributed by atoms with van der Waals surface area (Å²) in [5.41, 5.74) is 0.431. The molecule has 0 atom stereocenters. The molecule has 0 aliphatic rings. The van der Waals surface area contributed by atoms with Crippen molar-refractivity contribution >= 4 is 18.0 Å². The molecule has 0 aliphatic heterocycles. The Hall–Kier alpha value is -2.97. The van der Waals surface area contributed by atoms with Gasteiger partial charge in [0.05, 0.1) is 6.54 Å². The summed E-state index contributed by atoms with van der Waals surface area (Å²) >= 11 is 0. The molecular formula is C21H35N5O4. The Morgan fingerprint density at radius 3 is 2.43 bits per heavy atom. The zero-order chi connectivity index (χ0) is 22.6. The van der Waals surface area contributed by atoms with Crippen molar-refractivity contribution in [2.24, 2.45) is 4.99 Å². The molecule has 2 amide bonds. The number of hydrogen-bond acceptors (Lipinski definition) is 5. The van der Waals surface area contributed by atoms with E-state index in [0.717, 1.165) is 5.56 Å². The summed E-state index contributed by atoms with van der Waals surface area (Å²) in [5, 5.41) is 9.02. The predicted molar refractivity (Wildman–Crippen MR) is 118 cm³/mol. The minimum atomic E-state index is -0.522. The van der Waals surface area contributed by atoms with Gasteiger partial charge in [0, 0.05) is 33.7 Å². The van der Waals surface area contributed by atoms with Gasteiger partial charge in [0.2, 0.25) is 0 Å². The molecular weight excluding hydrogens is 386 g/mol. The van der Waals surface area contributed by atoms with Crippen LogP contribution in [0, 0.1) is 0 Å². The van der Waals surface area contributed by atoms with Crippen molar-refractivity contribution in [3.63, 3.8) is 0 Å². The van der Waals surface area contributed by atoms with Gasteiger partial charge in [-0.3, -0.25) is 4.79 Å². The summed E-state index contributed by atoms with van der Waals surface area (Å²) in [5.74, 6) is 1.16. The zero-order valence-electron chi connectivity index (χ0n) is 18.9. The number of rotatable bonds is 9. The van der Waals surface area contributed by atoms with Gasteiger partial charge in [0.25, 0.3) is 5.91 Å². The summed E-state index contributed by atoms with van der Waals surface area (Å²) in [6, 6.07) is 7.48. The zero-order valence-corrected chi connectivity index (χ0v) is 18.9. The number of guanidine groups is 1. The maximum Gasteiger partial charge on any atom is 0.407 e. The summed E-state index contributed by atoms with van der Waals surface area (Å²) in [6.07, 6.45) is -0.448. The van der Waals surface area contributed by atoms with Gasteiger partial charge in [-0.1, -0.05) is 12.1 Å². The van der Waals surface area contributed by atoms with E-state index in [0.29, 0.717) is 37.9 Å². The molecule has 0 radical (unpaired) electrons. The van der Waals surface area contributed by atoms with Crippen LogP contribution in [0.3, 0.4) is 0 Å². The molecule has 0 spiro atoms. The first kappa shape index (κ1) is 25.1. The number of aliphatic imine (C=N–C) groups is 1. The molecule has 168 valence electrons. The van der Waals surface area contributed by atoms with Gasteiger partial charge in [-0.15, -0.1) is 0 Å². The largest absolute Gasteiger partial charge is 0.484 e. The van der Waals surface area contributed by atoms with Crippen molar-refractivity contribution in [2.75, 3.05) is 40.3 Å². The number of amides is 2. The molecule has 3 N–H and O–H groups in total. The highest BCUT2D eigenvalue weighted by Crippen LogP contribution is 2.14. The maximum atomic E-state index is 11.7. The molecule has 30 heavy (non-hydrogen) atoms. The smallest absolute Gasteiger partial charge is 0.407 e. The third-order valence-corrected chi connectivity index (χ3v) is 3.61. The first-order valence-corrected chi connectivity index (χ1v) is 10.0. The Morgan fingerprint density at radius 2 is 1.80 bits per heavy atom. The van der Waals surface area contributed by atoms with Crippen LogP contribution in [-0.2, 0) is 16.1 Å². The van der Waals surface area contributed by atoms with Gasteiger partial charge in [-0.05, 0) is 45.4 Å². The highest BCUT2D eigenvalue weighted by atomic mass is 16.6. The monoisotopic (exact) mass is 421 g/mol. The lowest BCUT2D eigenvalue weighted by atomic mass is 10.2. The molecule has 0 heterocycles. The Labute approximate surface area is 179 Å². The third-order valence-electron chi connectivity index (χ3n) is 3.61. The van der Waals surface area contributed by atoms with Crippen molar-refractivity contribution in [1.82, 2.24) is 20.9 Å². The molecule has 0 bridgehead atoms. The Morgan fingerprint density at radius 1 is 1.10 bits per heavy atom. The normalized spacial score (nSPS) is 11.5. The molecule has 0 aliphatic carbocycles. The highest BCUT2D eigenvalue weighted by molar-refractivity contribution is 5.79. The number of likely N-dealkylation sites (N-methyl/N-ethyl adjacent to an activating group) is 1. The Balaban J connectivity index is 2.52. The fourth-order valence-corrected chi connectivity index (χ4v) is 2.18. The number of hydrogen-bond donors (Lipinski definition) is 3. The van der Waals surface area contributed by atoms with E-state index in [-0.39, 0.29) is 12.5 Å². The van der Waals surface area contributed by atoms with E-state index in [4.69, 9.17) is 9.47 Å². The van der Waals surface area contributed by atoms with Crippen LogP contribution in [0.4, 0.5) is 4.79 Å². The average Bonchev–Trinajstić information content (AvgIpc) is 2.66. The predicted octanol–water partition coefficient (Wildman–Crippen LogP) is 1.73. The number of alkyl carbamates (subject to hydrolysis) is 1. The van der Waals surface area contributed by atoms with Crippen molar-refractivity contribution in [1.29, 1.82) is 0 Å². The van der Waals surface area contributed by atoms with Gasteiger partial charge in [0.15, 0.2) is 12.6 Å². The lowest BCUT2D eigenvalue weighted by Gasteiger charge is -2.19. The van der Waals surface area contributed by atoms with E-state index in [1.54, 1.807) is 14.1 Å². The van der Waals surface area contributed by atoms with Gasteiger partial charge in [-0.2, -0.15) is 0 Å². The molecule has 9 nitrogen and oxygen atoms in total. The van der Waals surface area contributed by atoms with E-state index < -0.39 is 11.7 Å². The lowest BCUT2D eigenvalue weighted by molar-refractivity contribution is -0.130. The topological polar surface area (TPSA) is 104 Å². The van der Waals surface area contributed by atoms with Crippen LogP contribution in [0.15, 0.2) is 29.3 Å². The van der Waals surface area contributed by atoms with Crippen molar-refractivity contribution < 1.29 is 19.1 Å². The molecule has 0 saturated heterocycles. The standard InChI is InChI=1S/C21H35N5O4/c1-7-22-19(23-11-12-24-20(28)30-21(2,3)4)25-14-16-9-8-10-17(13-16)29-15-18(27)26(5)6/h8-10,13H,7,11-12,14-15H2,1-6H3,(H,24,28)(H2,22,23,25). The Bertz CT molecular complexity index is 714. The molecule has 0 aromatic heterocycles. The van der Waals surface area contributed by atoms with Crippen LogP contribution in [0.5, 0.6) is 5.75 Å². The number of carbonyl (C=O) groups is 2. The van der Waals surface area contributed by atoms with Crippen LogP contribution >= 0.6 is 0 Å². The molecule has 0 unspecified atom stereocenters. The van der Waals surface area contributed by atoms with Gasteiger partial charge in [0.1, 0.15) is 11.4 Å². The number of ether oxygens (including phenoxy) is 2. The number of carbonyl (C=O) groups excluding carboxylic acids is 2. The summed E-state index contributed by atoms with van der Waals surface area (Å²) < 4.78 is 10.7. The second kappa shape index (κ2) is 12.6. The number of nitrogens with zero attached hydrogens (tertiary/aromatic N) is 2. The molecule has 1 rings (SSSR count). The fraction of sp³-hybridized carbons (Fsp3) is 0.571. The van der Waals surface area contributed by atoms with Crippen LogP contribution in [-0.4, -0.2) is 68.8 Å². The van der Waals surface area contributed by atoms with Crippen molar-refractivity contribution in [2.45, 2.75) is 39.8 Å². The van der Waals surface area contributed by atoms with E-state index in [2.05, 4.69) is 20.9 Å². The van der Waals surface area contributed by atoms with E-state index in [9.17, 15) is 9.59 Å². The molecule has 1 aromatic carbocycles. The summed E-state index contributed by atoms with van der Waals surface area (Å²) in [6.45, 7) is 9.49. The lowest BCUT2D eigenvalue weighted by Crippen LogP contribution is -2.42. The van der Waals surface area contributed by atoms with E-state index in [1.807, 2.05) is 52.0 Å². The number of benzene rings is 1. The number of nitrogens with one attached hydrogen (secondary N) is 3. The third kappa shape index (κ3) is 11.1. The Kier molecular flexibility index (Phi) is 10.5. The average molecular weight is 422 g/mol. The first-order valence-electron chi connectivity index (χ1n) is 10.0. The molecule has 9 heteroatoms. The fourth-order valence-electron chi connectivity index (χ4n) is 2.18. The van der Waals surface area contributed by atoms with Crippen molar-refractivity contribution in [3.05, 3.63) is 29.8 Å². The summed E-state index contributed by atoms with van der Waals surface area (Å²) in [4.78, 5) is 29.3. The van der Waals surface area contributed by atoms with Gasteiger partial charge in [-0.25, -0.2) is 9.79 Å². The minimum Gasteiger partial charge on any atom is -0.484 e. The molecule has 0 saturated carbocycles. The SMILES string of the molecule is CCNC(=NCc1cccc(OCC(=O)N(C)C)c1)NCCNC(=O)OC(C)(C)C. The molecule has 1 aromatic rings. The first-order chi connectivity index (χ1) is 14.1. The van der Waals surface area contributed by atoms with Crippen LogP contribution < -0.4 is 20.7 Å².